The van der Waals surface area contributed by atoms with Crippen molar-refractivity contribution in [2.75, 3.05) is 5.73 Å². The van der Waals surface area contributed by atoms with Gasteiger partial charge in [0, 0.05) is 0 Å². The maximum atomic E-state index is 12.7. The maximum Gasteiger partial charge on any atom is 0.267 e. The summed E-state index contributed by atoms with van der Waals surface area (Å²) in [5, 5.41) is 0. The number of nitrogen functional groups attached to an aromatic ring is 1. The molecule has 2 aromatic rings. The molecule has 2 N–H and O–H groups in total. The first-order chi connectivity index (χ1) is 8.16. The first-order valence-corrected chi connectivity index (χ1v) is 4.79. The Balaban J connectivity index is 2.30. The molecule has 0 bridgehead atoms. The number of hydrogen-bond acceptors (Lipinski definition) is 4. The number of alkyl halides is 2. The fraction of sp³-hybridized carbons (Fsp3) is 0.0909. The first-order valence-electron chi connectivity index (χ1n) is 4.79. The standard InChI is InChI=1S/C11H9F2N3O/c12-11(13)7-3-1-2-4-8(7)17-10-6-15-5-9(14)16-10/h1-6,11H,(H2,14,16). The number of rotatable bonds is 3. The molecule has 0 atom stereocenters. The van der Waals surface area contributed by atoms with Crippen LogP contribution in [0, 0.1) is 0 Å². The zero-order valence-corrected chi connectivity index (χ0v) is 8.68. The van der Waals surface area contributed by atoms with E-state index in [1.165, 1.54) is 30.6 Å². The van der Waals surface area contributed by atoms with Crippen molar-refractivity contribution in [3.63, 3.8) is 0 Å². The van der Waals surface area contributed by atoms with Crippen LogP contribution in [-0.2, 0) is 0 Å². The van der Waals surface area contributed by atoms with Crippen molar-refractivity contribution in [2.45, 2.75) is 6.43 Å². The molecule has 1 aromatic heterocycles. The van der Waals surface area contributed by atoms with E-state index in [1.807, 2.05) is 0 Å². The molecule has 0 fully saturated rings. The molecule has 2 rings (SSSR count). The Hall–Kier alpha value is -2.24. The second kappa shape index (κ2) is 4.73. The van der Waals surface area contributed by atoms with Crippen LogP contribution in [0.1, 0.15) is 12.0 Å². The summed E-state index contributed by atoms with van der Waals surface area (Å²) in [6, 6.07) is 5.84. The Morgan fingerprint density at radius 1 is 1.18 bits per heavy atom. The van der Waals surface area contributed by atoms with E-state index in [4.69, 9.17) is 10.5 Å². The number of benzene rings is 1. The Morgan fingerprint density at radius 2 is 1.94 bits per heavy atom. The molecule has 0 radical (unpaired) electrons. The highest BCUT2D eigenvalue weighted by Crippen LogP contribution is 2.31. The summed E-state index contributed by atoms with van der Waals surface area (Å²) >= 11 is 0. The fourth-order valence-corrected chi connectivity index (χ4v) is 1.28. The predicted octanol–water partition coefficient (Wildman–Crippen LogP) is 2.79. The number of anilines is 1. The maximum absolute atomic E-state index is 12.7. The van der Waals surface area contributed by atoms with Gasteiger partial charge in [-0.2, -0.15) is 4.98 Å². The molecule has 0 unspecified atom stereocenters. The van der Waals surface area contributed by atoms with E-state index in [-0.39, 0.29) is 23.0 Å². The molecular formula is C11H9F2N3O. The summed E-state index contributed by atoms with van der Waals surface area (Å²) in [6.07, 6.45) is 0.0324. The van der Waals surface area contributed by atoms with Gasteiger partial charge in [-0.25, -0.2) is 8.78 Å². The third kappa shape index (κ3) is 2.66. The lowest BCUT2D eigenvalue weighted by Crippen LogP contribution is -1.97. The number of ether oxygens (including phenoxy) is 1. The van der Waals surface area contributed by atoms with Crippen LogP contribution in [0.4, 0.5) is 14.6 Å². The lowest BCUT2D eigenvalue weighted by atomic mass is 10.2. The van der Waals surface area contributed by atoms with Crippen molar-refractivity contribution in [3.8, 4) is 11.6 Å². The third-order valence-corrected chi connectivity index (χ3v) is 2.00. The number of aromatic nitrogens is 2. The van der Waals surface area contributed by atoms with Crippen molar-refractivity contribution in [3.05, 3.63) is 42.2 Å². The van der Waals surface area contributed by atoms with Crippen LogP contribution in [0.5, 0.6) is 11.6 Å². The summed E-state index contributed by atoms with van der Waals surface area (Å²) in [4.78, 5) is 7.57. The second-order valence-corrected chi connectivity index (χ2v) is 3.22. The van der Waals surface area contributed by atoms with E-state index in [9.17, 15) is 8.78 Å². The number of nitrogens with two attached hydrogens (primary N) is 1. The Morgan fingerprint density at radius 3 is 2.65 bits per heavy atom. The predicted molar refractivity (Wildman–Crippen MR) is 57.9 cm³/mol. The summed E-state index contributed by atoms with van der Waals surface area (Å²) < 4.78 is 30.6. The number of halogens is 2. The minimum atomic E-state index is -2.61. The zero-order chi connectivity index (χ0) is 12.3. The Labute approximate surface area is 96.1 Å². The van der Waals surface area contributed by atoms with Gasteiger partial charge in [0.05, 0.1) is 18.0 Å². The number of para-hydroxylation sites is 1. The van der Waals surface area contributed by atoms with Gasteiger partial charge >= 0.3 is 0 Å². The van der Waals surface area contributed by atoms with E-state index >= 15 is 0 Å². The van der Waals surface area contributed by atoms with Crippen LogP contribution in [0.15, 0.2) is 36.7 Å². The van der Waals surface area contributed by atoms with Gasteiger partial charge in [-0.1, -0.05) is 12.1 Å². The molecule has 0 aliphatic carbocycles. The van der Waals surface area contributed by atoms with Crippen LogP contribution in [0.2, 0.25) is 0 Å². The van der Waals surface area contributed by atoms with Gasteiger partial charge < -0.3 is 10.5 Å². The van der Waals surface area contributed by atoms with Crippen LogP contribution in [-0.4, -0.2) is 9.97 Å². The number of nitrogens with zero attached hydrogens (tertiary/aromatic N) is 2. The summed E-state index contributed by atoms with van der Waals surface area (Å²) in [6.45, 7) is 0. The van der Waals surface area contributed by atoms with E-state index in [0.29, 0.717) is 0 Å². The highest BCUT2D eigenvalue weighted by molar-refractivity contribution is 5.37. The lowest BCUT2D eigenvalue weighted by molar-refractivity contribution is 0.148. The monoisotopic (exact) mass is 237 g/mol. The van der Waals surface area contributed by atoms with Gasteiger partial charge in [-0.3, -0.25) is 4.98 Å². The fourth-order valence-electron chi connectivity index (χ4n) is 1.28. The largest absolute Gasteiger partial charge is 0.437 e. The summed E-state index contributed by atoms with van der Waals surface area (Å²) in [5.74, 6) is 0.289. The third-order valence-electron chi connectivity index (χ3n) is 2.00. The van der Waals surface area contributed by atoms with Gasteiger partial charge in [0.2, 0.25) is 5.88 Å². The van der Waals surface area contributed by atoms with E-state index < -0.39 is 6.43 Å². The van der Waals surface area contributed by atoms with Crippen molar-refractivity contribution < 1.29 is 13.5 Å². The molecule has 0 spiro atoms. The van der Waals surface area contributed by atoms with Gasteiger partial charge in [0.15, 0.2) is 0 Å². The molecule has 0 aliphatic heterocycles. The van der Waals surface area contributed by atoms with Crippen molar-refractivity contribution >= 4 is 5.82 Å². The molecular weight excluding hydrogens is 228 g/mol. The van der Waals surface area contributed by atoms with Crippen molar-refractivity contribution in [1.29, 1.82) is 0 Å². The number of hydrogen-bond donors (Lipinski definition) is 1. The summed E-state index contributed by atoms with van der Waals surface area (Å²) in [5.41, 5.74) is 5.21. The average Bonchev–Trinajstić information content (AvgIpc) is 2.29. The van der Waals surface area contributed by atoms with Crippen LogP contribution >= 0.6 is 0 Å². The molecule has 1 heterocycles. The SMILES string of the molecule is Nc1cncc(Oc2ccccc2C(F)F)n1. The molecule has 1 aromatic carbocycles. The van der Waals surface area contributed by atoms with E-state index in [2.05, 4.69) is 9.97 Å². The summed E-state index contributed by atoms with van der Waals surface area (Å²) in [7, 11) is 0. The second-order valence-electron chi connectivity index (χ2n) is 3.22. The van der Waals surface area contributed by atoms with Gasteiger partial charge in [-0.15, -0.1) is 0 Å². The quantitative estimate of drug-likeness (QED) is 0.891. The molecule has 0 aliphatic rings. The molecule has 0 amide bonds. The van der Waals surface area contributed by atoms with Gasteiger partial charge in [0.1, 0.15) is 11.6 Å². The molecule has 17 heavy (non-hydrogen) atoms. The molecule has 0 saturated carbocycles. The van der Waals surface area contributed by atoms with E-state index in [0.717, 1.165) is 0 Å². The molecule has 0 saturated heterocycles. The highest BCUT2D eigenvalue weighted by Gasteiger charge is 2.14. The van der Waals surface area contributed by atoms with E-state index in [1.54, 1.807) is 6.07 Å². The van der Waals surface area contributed by atoms with Crippen LogP contribution in [0.25, 0.3) is 0 Å². The molecule has 4 nitrogen and oxygen atoms in total. The van der Waals surface area contributed by atoms with Crippen LogP contribution < -0.4 is 10.5 Å². The van der Waals surface area contributed by atoms with Crippen molar-refractivity contribution in [1.82, 2.24) is 9.97 Å². The Bertz CT molecular complexity index is 520. The van der Waals surface area contributed by atoms with Gasteiger partial charge in [-0.05, 0) is 12.1 Å². The minimum absolute atomic E-state index is 0.0439. The minimum Gasteiger partial charge on any atom is -0.437 e. The van der Waals surface area contributed by atoms with Crippen LogP contribution in [0.3, 0.4) is 0 Å². The average molecular weight is 237 g/mol. The topological polar surface area (TPSA) is 61.0 Å². The van der Waals surface area contributed by atoms with Gasteiger partial charge in [0.25, 0.3) is 6.43 Å². The smallest absolute Gasteiger partial charge is 0.267 e. The zero-order valence-electron chi connectivity index (χ0n) is 8.68. The lowest BCUT2D eigenvalue weighted by Gasteiger charge is -2.09. The molecule has 88 valence electrons. The highest BCUT2D eigenvalue weighted by atomic mass is 19.3. The normalized spacial score (nSPS) is 10.5. The first kappa shape index (κ1) is 11.3. The van der Waals surface area contributed by atoms with Crippen molar-refractivity contribution in [2.24, 2.45) is 0 Å². The molecule has 6 heteroatoms. The Kier molecular flexibility index (Phi) is 3.13.